The number of aliphatic imine (C=N–C) groups is 1. The number of methoxy groups -OCH3 is 2. The van der Waals surface area contributed by atoms with Crippen LogP contribution in [-0.2, 0) is 63.1 Å². The largest absolute Gasteiger partial charge is 0.379 e. The Morgan fingerprint density at radius 2 is 1.65 bits per heavy atom. The number of guanidine groups is 1. The Morgan fingerprint density at radius 3 is 2.22 bits per heavy atom. The molecule has 3 amide bonds. The Labute approximate surface area is 386 Å². The maximum absolute atomic E-state index is 14.4. The van der Waals surface area contributed by atoms with Gasteiger partial charge in [0, 0.05) is 80.8 Å². The third kappa shape index (κ3) is 15.8. The van der Waals surface area contributed by atoms with Crippen LogP contribution in [0.4, 0.5) is 0 Å². The third-order valence-corrected chi connectivity index (χ3v) is 13.6. The van der Waals surface area contributed by atoms with Gasteiger partial charge in [-0.3, -0.25) is 33.4 Å². The van der Waals surface area contributed by atoms with Gasteiger partial charge in [-0.25, -0.2) is 19.3 Å². The molecule has 20 heteroatoms. The number of nitrogens with zero attached hydrogens (tertiary/aromatic N) is 8. The van der Waals surface area contributed by atoms with E-state index in [1.54, 1.807) is 37.1 Å². The molecule has 0 spiro atoms. The number of likely N-dealkylation sites (tertiary alicyclic amines) is 1. The molecule has 2 aromatic rings. The third-order valence-electron chi connectivity index (χ3n) is 12.3. The van der Waals surface area contributed by atoms with Gasteiger partial charge in [-0.05, 0) is 43.1 Å². The number of rotatable bonds is 26. The number of hydrogen-bond acceptors (Lipinski definition) is 13. The second-order valence-electron chi connectivity index (χ2n) is 18.0. The Balaban J connectivity index is 1.79. The van der Waals surface area contributed by atoms with Crippen molar-refractivity contribution < 1.29 is 41.9 Å². The smallest absolute Gasteiger partial charge is 0.247 e. The molecule has 1 aliphatic heterocycles. The highest BCUT2D eigenvalue weighted by atomic mass is 32.2. The van der Waals surface area contributed by atoms with Gasteiger partial charge in [-0.2, -0.15) is 0 Å². The summed E-state index contributed by atoms with van der Waals surface area (Å²) in [4.78, 5) is 73.4. The number of hydrogen-bond donors (Lipinski definition) is 2. The lowest BCUT2D eigenvalue weighted by molar-refractivity contribution is -0.146. The summed E-state index contributed by atoms with van der Waals surface area (Å²) in [7, 11) is 8.28. The Kier molecular flexibility index (Phi) is 21.9. The minimum Gasteiger partial charge on any atom is -0.379 e. The molecule has 0 unspecified atom stereocenters. The van der Waals surface area contributed by atoms with E-state index in [0.29, 0.717) is 31.0 Å². The van der Waals surface area contributed by atoms with Crippen LogP contribution in [0.5, 0.6) is 0 Å². The lowest BCUT2D eigenvalue weighted by Crippen LogP contribution is -2.55. The predicted octanol–water partition coefficient (Wildman–Crippen LogP) is 2.75. The fourth-order valence-corrected chi connectivity index (χ4v) is 9.77. The average Bonchev–Trinajstić information content (AvgIpc) is 3.93. The first-order valence-corrected chi connectivity index (χ1v) is 24.2. The number of sulfonamides is 1. The molecule has 3 N–H and O–H groups in total. The van der Waals surface area contributed by atoms with E-state index >= 15 is 0 Å². The molecule has 3 rings (SSSR count). The number of aryl methyl sites for hydroxylation is 1. The van der Waals surface area contributed by atoms with Crippen molar-refractivity contribution in [3.8, 4) is 0 Å². The monoisotopic (exact) mass is 933 g/mol. The topological polar surface area (TPSA) is 224 Å². The first-order chi connectivity index (χ1) is 30.7. The highest BCUT2D eigenvalue weighted by molar-refractivity contribution is 7.90. The number of ether oxygens (including phenoxy) is 2. The van der Waals surface area contributed by atoms with Crippen molar-refractivity contribution >= 4 is 39.5 Å². The summed E-state index contributed by atoms with van der Waals surface area (Å²) in [5, 5.41) is 7.83. The van der Waals surface area contributed by atoms with Crippen molar-refractivity contribution in [1.82, 2.24) is 39.3 Å². The van der Waals surface area contributed by atoms with Gasteiger partial charge < -0.3 is 29.1 Å². The maximum Gasteiger partial charge on any atom is 0.247 e. The van der Waals surface area contributed by atoms with Gasteiger partial charge in [0.2, 0.25) is 27.7 Å². The van der Waals surface area contributed by atoms with E-state index in [1.165, 1.54) is 11.8 Å². The van der Waals surface area contributed by atoms with Crippen LogP contribution in [-0.4, -0.2) is 165 Å². The second-order valence-corrected chi connectivity index (χ2v) is 19.8. The Hall–Kier alpha value is -4.50. The van der Waals surface area contributed by atoms with Crippen LogP contribution in [0.25, 0.3) is 0 Å². The van der Waals surface area contributed by atoms with Crippen LogP contribution < -0.4 is 10.6 Å². The molecule has 2 heterocycles. The molecule has 0 saturated carbocycles. The van der Waals surface area contributed by atoms with Crippen molar-refractivity contribution in [2.75, 3.05) is 61.8 Å². The van der Waals surface area contributed by atoms with Crippen LogP contribution in [0.2, 0.25) is 0 Å². The summed E-state index contributed by atoms with van der Waals surface area (Å²) in [6.45, 7) is 10.5. The number of carbonyl (C=O) groups is 4. The van der Waals surface area contributed by atoms with Gasteiger partial charge in [-0.15, -0.1) is 5.10 Å². The van der Waals surface area contributed by atoms with Crippen LogP contribution in [0, 0.1) is 23.7 Å². The van der Waals surface area contributed by atoms with Crippen molar-refractivity contribution in [1.29, 1.82) is 0 Å². The summed E-state index contributed by atoms with van der Waals surface area (Å²) >= 11 is 0. The SMILES string of the molecule is CC[C@H](C)[C@@H]([C@@H](CC(=O)N1CCC[C@H]1[C@H](OC)[C@@H](C)C(=O)C[C@@H](Cc1ccccc1)C(=O)NS(=O)(=O)CCCn1cc(CON)nn1)OC)N(C)C(=O)[C@@H](N=C(N(C)C)N(C)C)C(C)C. The highest BCUT2D eigenvalue weighted by Gasteiger charge is 2.43. The Bertz CT molecular complexity index is 1950. The fourth-order valence-electron chi connectivity index (χ4n) is 8.68. The van der Waals surface area contributed by atoms with Gasteiger partial charge in [0.15, 0.2) is 5.96 Å². The number of Topliss-reactive ketones (excluding diaryl/α,β-unsaturated/α-hetero) is 1. The maximum atomic E-state index is 14.4. The van der Waals surface area contributed by atoms with Crippen molar-refractivity contribution in [2.24, 2.45) is 34.6 Å². The second kappa shape index (κ2) is 26.0. The van der Waals surface area contributed by atoms with E-state index in [-0.39, 0.29) is 74.0 Å². The highest BCUT2D eigenvalue weighted by Crippen LogP contribution is 2.31. The van der Waals surface area contributed by atoms with Crippen LogP contribution in [0.15, 0.2) is 41.5 Å². The minimum absolute atomic E-state index is 0.00838. The van der Waals surface area contributed by atoms with Crippen molar-refractivity contribution in [3.63, 3.8) is 0 Å². The summed E-state index contributed by atoms with van der Waals surface area (Å²) < 4.78 is 42.1. The molecule has 1 fully saturated rings. The molecular weight excluding hydrogens is 857 g/mol. The number of nitrogens with two attached hydrogens (primary N) is 1. The molecular formula is C45H76N10O9S. The van der Waals surface area contributed by atoms with E-state index in [4.69, 9.17) is 20.4 Å². The molecule has 0 aliphatic carbocycles. The molecule has 1 saturated heterocycles. The van der Waals surface area contributed by atoms with Crippen molar-refractivity contribution in [2.45, 2.75) is 123 Å². The van der Waals surface area contributed by atoms with E-state index in [0.717, 1.165) is 12.0 Å². The van der Waals surface area contributed by atoms with Gasteiger partial charge >= 0.3 is 0 Å². The zero-order valence-electron chi connectivity index (χ0n) is 40.7. The number of likely N-dealkylation sites (N-methyl/N-ethyl adjacent to an activating group) is 1. The minimum atomic E-state index is -4.08. The van der Waals surface area contributed by atoms with Crippen LogP contribution in [0.1, 0.15) is 84.4 Å². The van der Waals surface area contributed by atoms with Crippen molar-refractivity contribution in [3.05, 3.63) is 47.8 Å². The first kappa shape index (κ1) is 54.8. The lowest BCUT2D eigenvalue weighted by Gasteiger charge is -2.40. The van der Waals surface area contributed by atoms with Crippen LogP contribution >= 0.6 is 0 Å². The molecule has 366 valence electrons. The summed E-state index contributed by atoms with van der Waals surface area (Å²) in [5.74, 6) is 2.07. The molecule has 1 aromatic heterocycles. The van der Waals surface area contributed by atoms with Gasteiger partial charge in [0.1, 0.15) is 24.1 Å². The number of benzene rings is 1. The number of carbonyl (C=O) groups excluding carboxylic acids is 4. The first-order valence-electron chi connectivity index (χ1n) is 22.6. The Morgan fingerprint density at radius 1 is 0.985 bits per heavy atom. The normalized spacial score (nSPS) is 17.4. The predicted molar refractivity (Wildman–Crippen MR) is 248 cm³/mol. The molecule has 8 atom stereocenters. The number of aromatic nitrogens is 3. The lowest BCUT2D eigenvalue weighted by atomic mass is 9.85. The fraction of sp³-hybridized carbons (Fsp3) is 0.711. The molecule has 19 nitrogen and oxygen atoms in total. The van der Waals surface area contributed by atoms with E-state index in [9.17, 15) is 27.6 Å². The number of amides is 3. The van der Waals surface area contributed by atoms with Crippen LogP contribution in [0.3, 0.4) is 0 Å². The quantitative estimate of drug-likeness (QED) is 0.0787. The average molecular weight is 933 g/mol. The summed E-state index contributed by atoms with van der Waals surface area (Å²) in [6.07, 6.45) is 2.24. The number of ketones is 1. The van der Waals surface area contributed by atoms with Gasteiger partial charge in [0.25, 0.3) is 0 Å². The zero-order valence-corrected chi connectivity index (χ0v) is 41.5. The molecule has 1 aliphatic rings. The van der Waals surface area contributed by atoms with E-state index in [2.05, 4.69) is 19.9 Å². The molecule has 1 aromatic carbocycles. The molecule has 0 radical (unpaired) electrons. The standard InChI is InChI=1S/C45H76N10O9S/c1-13-31(4)41(53(10)44(59)40(30(2)3)47-45(51(6)7)52(8)9)38(62-11)27-39(57)55-23-17-21-36(55)42(63-12)32(5)37(56)26-34(25-33-19-15-14-16-20-33)43(58)49-65(60,61)24-18-22-54-28-35(29-64-46)48-50-54/h14-16,19-20,28,30-32,34,36,38,40-42H,13,17-18,21-27,29,46H2,1-12H3,(H,49,58)/t31-,32-,34+,36-,38+,40-,41-,42+/m0/s1. The number of nitrogens with one attached hydrogen (secondary N) is 1. The van der Waals surface area contributed by atoms with Gasteiger partial charge in [0.05, 0.1) is 42.7 Å². The van der Waals surface area contributed by atoms with E-state index < -0.39 is 58.1 Å². The van der Waals surface area contributed by atoms with Gasteiger partial charge in [-0.1, -0.05) is 76.6 Å². The summed E-state index contributed by atoms with van der Waals surface area (Å²) in [5.41, 5.74) is 1.25. The molecule has 0 bridgehead atoms. The summed E-state index contributed by atoms with van der Waals surface area (Å²) in [6, 6.07) is 7.52. The zero-order chi connectivity index (χ0) is 48.6. The molecule has 65 heavy (non-hydrogen) atoms. The van der Waals surface area contributed by atoms with E-state index in [1.807, 2.05) is 96.0 Å².